The summed E-state index contributed by atoms with van der Waals surface area (Å²) in [5, 5.41) is 5.35. The number of hydrogen-bond acceptors (Lipinski definition) is 6. The molecule has 0 spiro atoms. The van der Waals surface area contributed by atoms with E-state index in [0.29, 0.717) is 13.0 Å². The van der Waals surface area contributed by atoms with Gasteiger partial charge >= 0.3 is 12.1 Å². The van der Waals surface area contributed by atoms with Gasteiger partial charge in [0.15, 0.2) is 6.61 Å². The lowest BCUT2D eigenvalue weighted by molar-refractivity contribution is -0.137. The summed E-state index contributed by atoms with van der Waals surface area (Å²) < 4.78 is 49.0. The van der Waals surface area contributed by atoms with E-state index in [1.165, 1.54) is 30.5 Å². The number of esters is 1. The first-order chi connectivity index (χ1) is 16.3. The molecule has 34 heavy (non-hydrogen) atoms. The smallest absolute Gasteiger partial charge is 0.416 e. The highest BCUT2D eigenvalue weighted by Gasteiger charge is 2.30. The number of carbonyl (C=O) groups excluding carboxylic acids is 2. The Morgan fingerprint density at radius 1 is 1.03 bits per heavy atom. The molecule has 2 N–H and O–H groups in total. The molecular formula is C24H22F3N3O4. The molecule has 1 aromatic heterocycles. The van der Waals surface area contributed by atoms with Crippen molar-refractivity contribution in [2.45, 2.75) is 12.6 Å². The summed E-state index contributed by atoms with van der Waals surface area (Å²) in [6, 6.07) is 14.8. The minimum absolute atomic E-state index is 0.00624. The van der Waals surface area contributed by atoms with Crippen LogP contribution in [0.4, 0.5) is 24.7 Å². The van der Waals surface area contributed by atoms with E-state index in [-0.39, 0.29) is 17.1 Å². The van der Waals surface area contributed by atoms with Crippen molar-refractivity contribution in [3.05, 3.63) is 83.6 Å². The van der Waals surface area contributed by atoms with E-state index < -0.39 is 30.2 Å². The minimum Gasteiger partial charge on any atom is -0.497 e. The first-order valence-corrected chi connectivity index (χ1v) is 10.2. The standard InChI is InChI=1S/C24H22F3N3O4/c1-33-19-9-7-16(8-10-19)11-13-28-21(31)15-34-23(32)20-6-3-12-29-22(20)30-18-5-2-4-17(14-18)24(25,26)27/h2-10,12,14H,11,13,15H2,1H3,(H,28,31)(H,29,30). The molecule has 0 aliphatic carbocycles. The second-order valence-electron chi connectivity index (χ2n) is 7.13. The Bertz CT molecular complexity index is 1130. The number of alkyl halides is 3. The molecule has 0 saturated heterocycles. The van der Waals surface area contributed by atoms with Crippen LogP contribution in [0.25, 0.3) is 0 Å². The van der Waals surface area contributed by atoms with Gasteiger partial charge in [-0.05, 0) is 54.4 Å². The van der Waals surface area contributed by atoms with Crippen LogP contribution in [-0.4, -0.2) is 37.1 Å². The molecule has 0 atom stereocenters. The fourth-order valence-corrected chi connectivity index (χ4v) is 2.98. The second-order valence-corrected chi connectivity index (χ2v) is 7.13. The van der Waals surface area contributed by atoms with Gasteiger partial charge in [0.1, 0.15) is 17.1 Å². The van der Waals surface area contributed by atoms with Crippen molar-refractivity contribution in [3.8, 4) is 5.75 Å². The van der Waals surface area contributed by atoms with Crippen LogP contribution in [0.3, 0.4) is 0 Å². The highest BCUT2D eigenvalue weighted by atomic mass is 19.4. The molecule has 0 unspecified atom stereocenters. The van der Waals surface area contributed by atoms with E-state index in [0.717, 1.165) is 23.4 Å². The van der Waals surface area contributed by atoms with E-state index in [1.807, 2.05) is 24.3 Å². The van der Waals surface area contributed by atoms with Crippen molar-refractivity contribution in [1.82, 2.24) is 10.3 Å². The number of rotatable bonds is 9. The van der Waals surface area contributed by atoms with Crippen molar-refractivity contribution >= 4 is 23.4 Å². The predicted molar refractivity (Wildman–Crippen MR) is 119 cm³/mol. The Morgan fingerprint density at radius 2 is 1.79 bits per heavy atom. The maximum atomic E-state index is 12.9. The van der Waals surface area contributed by atoms with Gasteiger partial charge in [0, 0.05) is 18.4 Å². The molecule has 3 rings (SSSR count). The summed E-state index contributed by atoms with van der Waals surface area (Å²) in [5.74, 6) is -0.588. The summed E-state index contributed by atoms with van der Waals surface area (Å²) in [5.41, 5.74) is 0.229. The second kappa shape index (κ2) is 11.2. The Kier molecular flexibility index (Phi) is 8.07. The number of amides is 1. The number of aromatic nitrogens is 1. The summed E-state index contributed by atoms with van der Waals surface area (Å²) in [6.45, 7) is -0.169. The number of anilines is 2. The number of ether oxygens (including phenoxy) is 2. The van der Waals surface area contributed by atoms with Gasteiger partial charge < -0.3 is 20.1 Å². The van der Waals surface area contributed by atoms with Crippen LogP contribution in [0.5, 0.6) is 5.75 Å². The quantitative estimate of drug-likeness (QED) is 0.449. The number of benzene rings is 2. The first kappa shape index (κ1) is 24.6. The fraction of sp³-hybridized carbons (Fsp3) is 0.208. The summed E-state index contributed by atoms with van der Waals surface area (Å²) in [4.78, 5) is 28.5. The van der Waals surface area contributed by atoms with E-state index in [1.54, 1.807) is 7.11 Å². The van der Waals surface area contributed by atoms with E-state index in [4.69, 9.17) is 9.47 Å². The zero-order valence-corrected chi connectivity index (χ0v) is 18.2. The molecule has 178 valence electrons. The molecule has 3 aromatic rings. The Labute approximate surface area is 193 Å². The van der Waals surface area contributed by atoms with Gasteiger partial charge in [-0.3, -0.25) is 4.79 Å². The van der Waals surface area contributed by atoms with Gasteiger partial charge in [-0.15, -0.1) is 0 Å². The normalized spacial score (nSPS) is 10.9. The Balaban J connectivity index is 1.53. The van der Waals surface area contributed by atoms with Crippen LogP contribution in [0, 0.1) is 0 Å². The third-order valence-corrected chi connectivity index (χ3v) is 4.71. The number of carbonyl (C=O) groups is 2. The molecule has 1 amide bonds. The monoisotopic (exact) mass is 473 g/mol. The van der Waals surface area contributed by atoms with Gasteiger partial charge in [0.25, 0.3) is 5.91 Å². The van der Waals surface area contributed by atoms with Crippen LogP contribution in [0.2, 0.25) is 0 Å². The third kappa shape index (κ3) is 6.96. The van der Waals surface area contributed by atoms with Crippen LogP contribution >= 0.6 is 0 Å². The summed E-state index contributed by atoms with van der Waals surface area (Å²) in [6.07, 6.45) is -2.56. The van der Waals surface area contributed by atoms with Crippen molar-refractivity contribution in [2.75, 3.05) is 25.6 Å². The molecule has 0 bridgehead atoms. The van der Waals surface area contributed by atoms with Gasteiger partial charge in [0.05, 0.1) is 12.7 Å². The van der Waals surface area contributed by atoms with Crippen LogP contribution in [0.15, 0.2) is 66.9 Å². The SMILES string of the molecule is COc1ccc(CCNC(=O)COC(=O)c2cccnc2Nc2cccc(C(F)(F)F)c2)cc1. The lowest BCUT2D eigenvalue weighted by atomic mass is 10.1. The number of nitrogens with one attached hydrogen (secondary N) is 2. The van der Waals surface area contributed by atoms with Crippen LogP contribution in [0.1, 0.15) is 21.5 Å². The van der Waals surface area contributed by atoms with Crippen LogP contribution in [-0.2, 0) is 22.1 Å². The molecule has 0 saturated carbocycles. The molecule has 0 radical (unpaired) electrons. The maximum Gasteiger partial charge on any atom is 0.416 e. The largest absolute Gasteiger partial charge is 0.497 e. The van der Waals surface area contributed by atoms with E-state index in [9.17, 15) is 22.8 Å². The lowest BCUT2D eigenvalue weighted by Crippen LogP contribution is -2.30. The first-order valence-electron chi connectivity index (χ1n) is 10.2. The molecular weight excluding hydrogens is 451 g/mol. The topological polar surface area (TPSA) is 89.5 Å². The number of nitrogens with zero attached hydrogens (tertiary/aromatic N) is 1. The van der Waals surface area contributed by atoms with Crippen molar-refractivity contribution in [1.29, 1.82) is 0 Å². The predicted octanol–water partition coefficient (Wildman–Crippen LogP) is 4.37. The van der Waals surface area contributed by atoms with E-state index in [2.05, 4.69) is 15.6 Å². The molecule has 1 heterocycles. The van der Waals surface area contributed by atoms with Crippen molar-refractivity contribution in [2.24, 2.45) is 0 Å². The highest BCUT2D eigenvalue weighted by molar-refractivity contribution is 5.96. The minimum atomic E-state index is -4.51. The molecule has 10 heteroatoms. The summed E-state index contributed by atoms with van der Waals surface area (Å²) >= 11 is 0. The number of hydrogen-bond donors (Lipinski definition) is 2. The van der Waals surface area contributed by atoms with Gasteiger partial charge in [-0.1, -0.05) is 18.2 Å². The highest BCUT2D eigenvalue weighted by Crippen LogP contribution is 2.31. The van der Waals surface area contributed by atoms with Gasteiger partial charge in [-0.25, -0.2) is 9.78 Å². The third-order valence-electron chi connectivity index (χ3n) is 4.71. The molecule has 0 aliphatic rings. The fourth-order valence-electron chi connectivity index (χ4n) is 2.98. The Hall–Kier alpha value is -4.08. The number of methoxy groups -OCH3 is 1. The molecule has 0 fully saturated rings. The lowest BCUT2D eigenvalue weighted by Gasteiger charge is -2.13. The zero-order valence-electron chi connectivity index (χ0n) is 18.2. The van der Waals surface area contributed by atoms with Crippen molar-refractivity contribution < 1.29 is 32.2 Å². The average molecular weight is 473 g/mol. The summed E-state index contributed by atoms with van der Waals surface area (Å²) in [7, 11) is 1.58. The molecule has 7 nitrogen and oxygen atoms in total. The maximum absolute atomic E-state index is 12.9. The number of pyridine rings is 1. The van der Waals surface area contributed by atoms with E-state index >= 15 is 0 Å². The Morgan fingerprint density at radius 3 is 2.50 bits per heavy atom. The van der Waals surface area contributed by atoms with Crippen molar-refractivity contribution in [3.63, 3.8) is 0 Å². The van der Waals surface area contributed by atoms with Gasteiger partial charge in [-0.2, -0.15) is 13.2 Å². The van der Waals surface area contributed by atoms with Gasteiger partial charge in [0.2, 0.25) is 0 Å². The molecule has 0 aliphatic heterocycles. The van der Waals surface area contributed by atoms with Crippen LogP contribution < -0.4 is 15.4 Å². The number of halogens is 3. The molecule has 2 aromatic carbocycles. The average Bonchev–Trinajstić information content (AvgIpc) is 2.83. The zero-order chi connectivity index (χ0) is 24.6.